The van der Waals surface area contributed by atoms with E-state index >= 15 is 0 Å². The number of para-hydroxylation sites is 2. The number of pyridine rings is 1. The molecule has 100 valence electrons. The van der Waals surface area contributed by atoms with Gasteiger partial charge in [-0.15, -0.1) is 0 Å². The van der Waals surface area contributed by atoms with Gasteiger partial charge in [-0.2, -0.15) is 0 Å². The van der Waals surface area contributed by atoms with Gasteiger partial charge in [0.2, 0.25) is 0 Å². The molecule has 0 fully saturated rings. The average Bonchev–Trinajstić information content (AvgIpc) is 2.47. The molecule has 0 amide bonds. The first-order valence-corrected chi connectivity index (χ1v) is 7.05. The van der Waals surface area contributed by atoms with Crippen molar-refractivity contribution in [1.29, 1.82) is 0 Å². The Morgan fingerprint density at radius 1 is 1.05 bits per heavy atom. The van der Waals surface area contributed by atoms with Crippen LogP contribution in [0.4, 0.5) is 10.1 Å². The van der Waals surface area contributed by atoms with Crippen molar-refractivity contribution >= 4 is 32.5 Å². The highest BCUT2D eigenvalue weighted by Gasteiger charge is 2.07. The molecule has 0 saturated carbocycles. The lowest BCUT2D eigenvalue weighted by Crippen LogP contribution is -2.03. The van der Waals surface area contributed by atoms with Gasteiger partial charge in [-0.25, -0.2) is 4.39 Å². The predicted octanol–water partition coefficient (Wildman–Crippen LogP) is 4.75. The highest BCUT2D eigenvalue weighted by molar-refractivity contribution is 9.10. The van der Waals surface area contributed by atoms with Gasteiger partial charge in [0.25, 0.3) is 0 Å². The summed E-state index contributed by atoms with van der Waals surface area (Å²) < 4.78 is 14.5. The molecule has 20 heavy (non-hydrogen) atoms. The summed E-state index contributed by atoms with van der Waals surface area (Å²) in [5.74, 6) is -0.266. The summed E-state index contributed by atoms with van der Waals surface area (Å²) in [5.41, 5.74) is 2.51. The Bertz CT molecular complexity index is 733. The van der Waals surface area contributed by atoms with Crippen LogP contribution in [0.3, 0.4) is 0 Å². The fraction of sp³-hybridized carbons (Fsp3) is 0.0625. The lowest BCUT2D eigenvalue weighted by atomic mass is 10.1. The van der Waals surface area contributed by atoms with Crippen molar-refractivity contribution in [2.24, 2.45) is 0 Å². The molecule has 0 saturated heterocycles. The first kappa shape index (κ1) is 13.1. The van der Waals surface area contributed by atoms with E-state index in [9.17, 15) is 4.39 Å². The van der Waals surface area contributed by atoms with Crippen LogP contribution < -0.4 is 5.32 Å². The molecule has 0 aliphatic rings. The van der Waals surface area contributed by atoms with Crippen LogP contribution in [0.5, 0.6) is 0 Å². The van der Waals surface area contributed by atoms with Gasteiger partial charge in [0.05, 0.1) is 11.2 Å². The third kappa shape index (κ3) is 2.51. The largest absolute Gasteiger partial charge is 0.378 e. The van der Waals surface area contributed by atoms with E-state index in [-0.39, 0.29) is 5.82 Å². The molecule has 4 heteroatoms. The van der Waals surface area contributed by atoms with E-state index in [0.29, 0.717) is 12.2 Å². The minimum Gasteiger partial charge on any atom is -0.378 e. The fourth-order valence-corrected chi connectivity index (χ4v) is 2.64. The van der Waals surface area contributed by atoms with Gasteiger partial charge in [-0.05, 0) is 45.8 Å². The molecule has 3 rings (SSSR count). The van der Waals surface area contributed by atoms with E-state index in [1.807, 2.05) is 36.4 Å². The average molecular weight is 331 g/mol. The molecule has 0 bridgehead atoms. The number of halogens is 2. The molecule has 1 aromatic heterocycles. The normalized spacial score (nSPS) is 10.7. The summed E-state index contributed by atoms with van der Waals surface area (Å²) in [4.78, 5) is 4.32. The van der Waals surface area contributed by atoms with Gasteiger partial charge in [0.1, 0.15) is 5.82 Å². The molecular weight excluding hydrogens is 319 g/mol. The second-order valence-electron chi connectivity index (χ2n) is 4.44. The Morgan fingerprint density at radius 3 is 2.75 bits per heavy atom. The number of hydrogen-bond donors (Lipinski definition) is 1. The van der Waals surface area contributed by atoms with Crippen molar-refractivity contribution < 1.29 is 4.39 Å². The highest BCUT2D eigenvalue weighted by Crippen LogP contribution is 2.26. The van der Waals surface area contributed by atoms with E-state index in [1.165, 1.54) is 6.07 Å². The number of rotatable bonds is 3. The molecule has 0 atom stereocenters. The monoisotopic (exact) mass is 330 g/mol. The number of nitrogens with zero attached hydrogens (tertiary/aromatic N) is 1. The van der Waals surface area contributed by atoms with Crippen molar-refractivity contribution in [2.45, 2.75) is 6.54 Å². The molecule has 0 aliphatic carbocycles. The molecule has 1 N–H and O–H groups in total. The molecule has 1 heterocycles. The summed E-state index contributed by atoms with van der Waals surface area (Å²) in [6.07, 6.45) is 1.77. The molecule has 0 radical (unpaired) electrons. The van der Waals surface area contributed by atoms with Crippen LogP contribution in [0.15, 0.2) is 59.2 Å². The van der Waals surface area contributed by atoms with Gasteiger partial charge < -0.3 is 5.32 Å². The van der Waals surface area contributed by atoms with Crippen LogP contribution in [-0.4, -0.2) is 4.98 Å². The summed E-state index contributed by atoms with van der Waals surface area (Å²) in [7, 11) is 0. The quantitative estimate of drug-likeness (QED) is 0.749. The number of benzene rings is 2. The van der Waals surface area contributed by atoms with E-state index in [1.54, 1.807) is 12.3 Å². The fourth-order valence-electron chi connectivity index (χ4n) is 2.16. The van der Waals surface area contributed by atoms with Crippen LogP contribution in [0.1, 0.15) is 5.56 Å². The molecule has 3 aromatic rings. The van der Waals surface area contributed by atoms with Crippen molar-refractivity contribution in [2.75, 3.05) is 5.32 Å². The number of aromatic nitrogens is 1. The summed E-state index contributed by atoms with van der Waals surface area (Å²) >= 11 is 3.36. The Labute approximate surface area is 124 Å². The Morgan fingerprint density at radius 2 is 1.90 bits per heavy atom. The smallest absolute Gasteiger partial charge is 0.147 e. The Balaban J connectivity index is 1.91. The number of hydrogen-bond acceptors (Lipinski definition) is 2. The second kappa shape index (κ2) is 5.59. The summed E-state index contributed by atoms with van der Waals surface area (Å²) in [6.45, 7) is 0.544. The van der Waals surface area contributed by atoms with Gasteiger partial charge in [0.15, 0.2) is 0 Å². The molecule has 2 aromatic carbocycles. The third-order valence-electron chi connectivity index (χ3n) is 3.16. The highest BCUT2D eigenvalue weighted by atomic mass is 79.9. The summed E-state index contributed by atoms with van der Waals surface area (Å²) in [5, 5.41) is 4.22. The lowest BCUT2D eigenvalue weighted by Gasteiger charge is -2.11. The maximum atomic E-state index is 13.8. The summed E-state index contributed by atoms with van der Waals surface area (Å²) in [6, 6.07) is 14.8. The van der Waals surface area contributed by atoms with Crippen molar-refractivity contribution in [3.63, 3.8) is 0 Å². The predicted molar refractivity (Wildman–Crippen MR) is 83.2 cm³/mol. The van der Waals surface area contributed by atoms with E-state index < -0.39 is 0 Å². The first-order chi connectivity index (χ1) is 9.75. The number of nitrogens with one attached hydrogen (secondary N) is 1. The van der Waals surface area contributed by atoms with Crippen LogP contribution in [-0.2, 0) is 6.54 Å². The minimum absolute atomic E-state index is 0.266. The first-order valence-electron chi connectivity index (χ1n) is 6.26. The standard InChI is InChI=1S/C16H12BrFN2/c17-13-5-3-6-14(18)16(13)20-10-11-8-9-19-15-7-2-1-4-12(11)15/h1-9,20H,10H2. The van der Waals surface area contributed by atoms with Crippen LogP contribution in [0.25, 0.3) is 10.9 Å². The lowest BCUT2D eigenvalue weighted by molar-refractivity contribution is 0.629. The van der Waals surface area contributed by atoms with Crippen LogP contribution in [0, 0.1) is 5.82 Å². The number of fused-ring (bicyclic) bond motifs is 1. The van der Waals surface area contributed by atoms with Gasteiger partial charge in [-0.1, -0.05) is 24.3 Å². The topological polar surface area (TPSA) is 24.9 Å². The molecule has 0 unspecified atom stereocenters. The Kier molecular flexibility index (Phi) is 3.65. The van der Waals surface area contributed by atoms with Crippen molar-refractivity contribution in [1.82, 2.24) is 4.98 Å². The zero-order chi connectivity index (χ0) is 13.9. The maximum Gasteiger partial charge on any atom is 0.147 e. The van der Waals surface area contributed by atoms with Gasteiger partial charge in [-0.3, -0.25) is 4.98 Å². The van der Waals surface area contributed by atoms with E-state index in [2.05, 4.69) is 26.2 Å². The SMILES string of the molecule is Fc1cccc(Br)c1NCc1ccnc2ccccc12. The van der Waals surface area contributed by atoms with Crippen LogP contribution in [0.2, 0.25) is 0 Å². The molecule has 2 nitrogen and oxygen atoms in total. The second-order valence-corrected chi connectivity index (χ2v) is 5.29. The zero-order valence-corrected chi connectivity index (χ0v) is 12.2. The molecule has 0 spiro atoms. The zero-order valence-electron chi connectivity index (χ0n) is 10.6. The van der Waals surface area contributed by atoms with Crippen molar-refractivity contribution in [3.05, 3.63) is 70.6 Å². The van der Waals surface area contributed by atoms with Gasteiger partial charge >= 0.3 is 0 Å². The number of anilines is 1. The van der Waals surface area contributed by atoms with Crippen molar-refractivity contribution in [3.8, 4) is 0 Å². The van der Waals surface area contributed by atoms with E-state index in [0.717, 1.165) is 20.9 Å². The third-order valence-corrected chi connectivity index (χ3v) is 3.82. The molecular formula is C16H12BrFN2. The maximum absolute atomic E-state index is 13.8. The molecule has 0 aliphatic heterocycles. The van der Waals surface area contributed by atoms with Gasteiger partial charge in [0, 0.05) is 22.6 Å². The van der Waals surface area contributed by atoms with Crippen LogP contribution >= 0.6 is 15.9 Å². The van der Waals surface area contributed by atoms with E-state index in [4.69, 9.17) is 0 Å². The minimum atomic E-state index is -0.266. The Hall–Kier alpha value is -1.94.